The van der Waals surface area contributed by atoms with Crippen molar-refractivity contribution < 1.29 is 9.84 Å². The normalized spacial score (nSPS) is 12.2. The van der Waals surface area contributed by atoms with Crippen LogP contribution in [0.3, 0.4) is 0 Å². The summed E-state index contributed by atoms with van der Waals surface area (Å²) in [7, 11) is 1.56. The number of aryl methyl sites for hydroxylation is 1. The number of benzene rings is 2. The van der Waals surface area contributed by atoms with Crippen molar-refractivity contribution in [3.8, 4) is 11.5 Å². The van der Waals surface area contributed by atoms with Crippen molar-refractivity contribution in [2.75, 3.05) is 7.11 Å². The second kappa shape index (κ2) is 6.44. The van der Waals surface area contributed by atoms with Crippen LogP contribution in [0, 0.1) is 6.92 Å². The first-order chi connectivity index (χ1) is 9.60. The second-order valence-electron chi connectivity index (χ2n) is 5.02. The number of nitrogens with one attached hydrogen (secondary N) is 1. The third-order valence-electron chi connectivity index (χ3n) is 3.43. The van der Waals surface area contributed by atoms with Crippen LogP contribution in [0.1, 0.15) is 29.7 Å². The lowest BCUT2D eigenvalue weighted by atomic mass is 10.1. The van der Waals surface area contributed by atoms with E-state index in [4.69, 9.17) is 4.74 Å². The third kappa shape index (κ3) is 3.52. The number of rotatable bonds is 5. The smallest absolute Gasteiger partial charge is 0.160 e. The number of phenolic OH excluding ortho intramolecular Hbond substituents is 1. The predicted octanol–water partition coefficient (Wildman–Crippen LogP) is 3.56. The van der Waals surface area contributed by atoms with Crippen LogP contribution in [0.2, 0.25) is 0 Å². The lowest BCUT2D eigenvalue weighted by Crippen LogP contribution is -2.18. The molecule has 106 valence electrons. The maximum Gasteiger partial charge on any atom is 0.160 e. The molecular weight excluding hydrogens is 250 g/mol. The Bertz CT molecular complexity index is 564. The maximum absolute atomic E-state index is 9.57. The number of methoxy groups -OCH3 is 1. The van der Waals surface area contributed by atoms with Gasteiger partial charge in [0, 0.05) is 12.6 Å². The number of hydrogen-bond donors (Lipinski definition) is 2. The Balaban J connectivity index is 1.99. The van der Waals surface area contributed by atoms with Gasteiger partial charge in [-0.15, -0.1) is 0 Å². The van der Waals surface area contributed by atoms with Gasteiger partial charge in [0.15, 0.2) is 11.5 Å². The van der Waals surface area contributed by atoms with Crippen molar-refractivity contribution in [2.24, 2.45) is 0 Å². The molecule has 2 N–H and O–H groups in total. The number of hydrogen-bond acceptors (Lipinski definition) is 3. The standard InChI is InChI=1S/C17H21NO2/c1-12-4-7-15(8-5-12)13(2)18-11-14-6-9-16(19)17(10-14)20-3/h4-10,13,18-19H,11H2,1-3H3. The van der Waals surface area contributed by atoms with Gasteiger partial charge >= 0.3 is 0 Å². The van der Waals surface area contributed by atoms with E-state index in [0.717, 1.165) is 12.1 Å². The molecule has 0 amide bonds. The van der Waals surface area contributed by atoms with E-state index in [1.54, 1.807) is 13.2 Å². The fraction of sp³-hybridized carbons (Fsp3) is 0.294. The van der Waals surface area contributed by atoms with Crippen molar-refractivity contribution in [3.63, 3.8) is 0 Å². The summed E-state index contributed by atoms with van der Waals surface area (Å²) in [6.45, 7) is 4.96. The minimum Gasteiger partial charge on any atom is -0.504 e. The van der Waals surface area contributed by atoms with Gasteiger partial charge in [0.05, 0.1) is 7.11 Å². The van der Waals surface area contributed by atoms with Gasteiger partial charge in [-0.3, -0.25) is 0 Å². The van der Waals surface area contributed by atoms with E-state index >= 15 is 0 Å². The number of aromatic hydroxyl groups is 1. The molecule has 0 aliphatic carbocycles. The monoisotopic (exact) mass is 271 g/mol. The number of ether oxygens (including phenoxy) is 1. The quantitative estimate of drug-likeness (QED) is 0.873. The first-order valence-electron chi connectivity index (χ1n) is 6.76. The van der Waals surface area contributed by atoms with Gasteiger partial charge in [0.2, 0.25) is 0 Å². The van der Waals surface area contributed by atoms with Gasteiger partial charge < -0.3 is 15.2 Å². The predicted molar refractivity (Wildman–Crippen MR) is 81.1 cm³/mol. The molecule has 3 nitrogen and oxygen atoms in total. The minimum absolute atomic E-state index is 0.169. The Morgan fingerprint density at radius 3 is 2.50 bits per heavy atom. The highest BCUT2D eigenvalue weighted by Crippen LogP contribution is 2.26. The van der Waals surface area contributed by atoms with Gasteiger partial charge in [0.25, 0.3) is 0 Å². The van der Waals surface area contributed by atoms with Crippen molar-refractivity contribution in [1.82, 2.24) is 5.32 Å². The zero-order chi connectivity index (χ0) is 14.5. The van der Waals surface area contributed by atoms with Crippen LogP contribution >= 0.6 is 0 Å². The fourth-order valence-corrected chi connectivity index (χ4v) is 2.08. The molecular formula is C17H21NO2. The van der Waals surface area contributed by atoms with E-state index in [0.29, 0.717) is 5.75 Å². The van der Waals surface area contributed by atoms with E-state index in [1.165, 1.54) is 11.1 Å². The summed E-state index contributed by atoms with van der Waals surface area (Å²) < 4.78 is 5.11. The molecule has 0 radical (unpaired) electrons. The van der Waals surface area contributed by atoms with Crippen molar-refractivity contribution in [1.29, 1.82) is 0 Å². The lowest BCUT2D eigenvalue weighted by molar-refractivity contribution is 0.372. The van der Waals surface area contributed by atoms with E-state index in [1.807, 2.05) is 12.1 Å². The maximum atomic E-state index is 9.57. The SMILES string of the molecule is COc1cc(CNC(C)c2ccc(C)cc2)ccc1O. The average Bonchev–Trinajstić information content (AvgIpc) is 2.46. The summed E-state index contributed by atoms with van der Waals surface area (Å²) in [6, 6.07) is 14.2. The summed E-state index contributed by atoms with van der Waals surface area (Å²) in [5.74, 6) is 0.676. The summed E-state index contributed by atoms with van der Waals surface area (Å²) in [6.07, 6.45) is 0. The second-order valence-corrected chi connectivity index (χ2v) is 5.02. The van der Waals surface area contributed by atoms with Crippen LogP contribution in [0.25, 0.3) is 0 Å². The molecule has 0 bridgehead atoms. The highest BCUT2D eigenvalue weighted by atomic mass is 16.5. The van der Waals surface area contributed by atoms with Gasteiger partial charge in [-0.25, -0.2) is 0 Å². The van der Waals surface area contributed by atoms with Crippen molar-refractivity contribution in [2.45, 2.75) is 26.4 Å². The van der Waals surface area contributed by atoms with Gasteiger partial charge in [-0.2, -0.15) is 0 Å². The highest BCUT2D eigenvalue weighted by molar-refractivity contribution is 5.41. The molecule has 0 fully saturated rings. The molecule has 0 aliphatic rings. The molecule has 0 saturated heterocycles. The molecule has 20 heavy (non-hydrogen) atoms. The number of phenols is 1. The van der Waals surface area contributed by atoms with E-state index < -0.39 is 0 Å². The molecule has 0 aliphatic heterocycles. The van der Waals surface area contributed by atoms with Crippen molar-refractivity contribution in [3.05, 3.63) is 59.2 Å². The molecule has 1 unspecified atom stereocenters. The summed E-state index contributed by atoms with van der Waals surface area (Å²) in [4.78, 5) is 0. The van der Waals surface area contributed by atoms with E-state index in [2.05, 4.69) is 43.4 Å². The Morgan fingerprint density at radius 2 is 1.85 bits per heavy atom. The van der Waals surface area contributed by atoms with Crippen LogP contribution in [-0.4, -0.2) is 12.2 Å². The zero-order valence-corrected chi connectivity index (χ0v) is 12.2. The summed E-state index contributed by atoms with van der Waals surface area (Å²) >= 11 is 0. The first kappa shape index (κ1) is 14.4. The fourth-order valence-electron chi connectivity index (χ4n) is 2.08. The molecule has 2 aromatic rings. The van der Waals surface area contributed by atoms with Crippen LogP contribution in [0.5, 0.6) is 11.5 Å². The molecule has 0 spiro atoms. The summed E-state index contributed by atoms with van der Waals surface area (Å²) in [5, 5.41) is 13.0. The largest absolute Gasteiger partial charge is 0.504 e. The summed E-state index contributed by atoms with van der Waals surface area (Å²) in [5.41, 5.74) is 3.61. The molecule has 3 heteroatoms. The Kier molecular flexibility index (Phi) is 4.64. The molecule has 0 aromatic heterocycles. The van der Waals surface area contributed by atoms with Crippen LogP contribution in [0.4, 0.5) is 0 Å². The van der Waals surface area contributed by atoms with Crippen LogP contribution < -0.4 is 10.1 Å². The van der Waals surface area contributed by atoms with E-state index in [-0.39, 0.29) is 11.8 Å². The Hall–Kier alpha value is -2.00. The van der Waals surface area contributed by atoms with E-state index in [9.17, 15) is 5.11 Å². The topological polar surface area (TPSA) is 41.5 Å². The molecule has 1 atom stereocenters. The first-order valence-corrected chi connectivity index (χ1v) is 6.76. The van der Waals surface area contributed by atoms with Gasteiger partial charge in [0.1, 0.15) is 0 Å². The van der Waals surface area contributed by atoms with Gasteiger partial charge in [-0.1, -0.05) is 35.9 Å². The molecule has 0 heterocycles. The third-order valence-corrected chi connectivity index (χ3v) is 3.43. The zero-order valence-electron chi connectivity index (χ0n) is 12.2. The average molecular weight is 271 g/mol. The van der Waals surface area contributed by atoms with Gasteiger partial charge in [-0.05, 0) is 37.1 Å². The molecule has 2 rings (SSSR count). The van der Waals surface area contributed by atoms with Crippen molar-refractivity contribution >= 4 is 0 Å². The molecule has 2 aromatic carbocycles. The van der Waals surface area contributed by atoms with Crippen LogP contribution in [-0.2, 0) is 6.54 Å². The highest BCUT2D eigenvalue weighted by Gasteiger charge is 2.06. The Labute approximate surface area is 120 Å². The Morgan fingerprint density at radius 1 is 1.15 bits per heavy atom. The minimum atomic E-state index is 0.169. The van der Waals surface area contributed by atoms with Crippen LogP contribution in [0.15, 0.2) is 42.5 Å². The lowest BCUT2D eigenvalue weighted by Gasteiger charge is -2.15. The molecule has 0 saturated carbocycles.